The molecule has 16 heavy (non-hydrogen) atoms. The number of rotatable bonds is 5. The van der Waals surface area contributed by atoms with Crippen molar-refractivity contribution in [3.8, 4) is 0 Å². The van der Waals surface area contributed by atoms with Gasteiger partial charge in [-0.05, 0) is 24.2 Å². The monoisotopic (exact) mass is 237 g/mol. The van der Waals surface area contributed by atoms with E-state index in [4.69, 9.17) is 0 Å². The van der Waals surface area contributed by atoms with E-state index in [1.165, 1.54) is 23.5 Å². The van der Waals surface area contributed by atoms with Gasteiger partial charge in [-0.15, -0.1) is 0 Å². The van der Waals surface area contributed by atoms with Gasteiger partial charge in [0.05, 0.1) is 6.61 Å². The molecule has 1 aliphatic rings. The number of aliphatic hydroxyl groups is 1. The number of benzene rings is 1. The van der Waals surface area contributed by atoms with Crippen molar-refractivity contribution in [3.05, 3.63) is 35.9 Å². The fourth-order valence-corrected chi connectivity index (χ4v) is 3.24. The Morgan fingerprint density at radius 1 is 1.38 bits per heavy atom. The number of nitrogens with one attached hydrogen (secondary N) is 1. The van der Waals surface area contributed by atoms with E-state index in [1.54, 1.807) is 0 Å². The molecule has 2 atom stereocenters. The minimum Gasteiger partial charge on any atom is -0.395 e. The molecular weight excluding hydrogens is 218 g/mol. The Morgan fingerprint density at radius 2 is 2.19 bits per heavy atom. The van der Waals surface area contributed by atoms with E-state index in [-0.39, 0.29) is 12.6 Å². The van der Waals surface area contributed by atoms with Gasteiger partial charge in [-0.3, -0.25) is 0 Å². The van der Waals surface area contributed by atoms with E-state index in [9.17, 15) is 5.11 Å². The zero-order chi connectivity index (χ0) is 11.2. The van der Waals surface area contributed by atoms with Crippen LogP contribution in [0, 0.1) is 0 Å². The number of thioether (sulfide) groups is 1. The molecule has 2 nitrogen and oxygen atoms in total. The molecule has 0 amide bonds. The second kappa shape index (κ2) is 6.28. The van der Waals surface area contributed by atoms with E-state index in [0.29, 0.717) is 6.04 Å². The Balaban J connectivity index is 1.85. The summed E-state index contributed by atoms with van der Waals surface area (Å²) in [6.45, 7) is 0.218. The van der Waals surface area contributed by atoms with Crippen LogP contribution in [-0.2, 0) is 6.42 Å². The van der Waals surface area contributed by atoms with Gasteiger partial charge in [0.1, 0.15) is 0 Å². The van der Waals surface area contributed by atoms with Crippen molar-refractivity contribution >= 4 is 11.8 Å². The number of hydrogen-bond donors (Lipinski definition) is 2. The van der Waals surface area contributed by atoms with Crippen LogP contribution in [0.1, 0.15) is 12.0 Å². The normalized spacial score (nSPS) is 22.2. The Hall–Kier alpha value is -0.510. The van der Waals surface area contributed by atoms with Crippen LogP contribution in [0.4, 0.5) is 0 Å². The SMILES string of the molecule is OCC(Cc1ccccc1)NC1CCSC1. The first-order valence-corrected chi connectivity index (χ1v) is 7.02. The smallest absolute Gasteiger partial charge is 0.0587 e. The van der Waals surface area contributed by atoms with E-state index in [0.717, 1.165) is 6.42 Å². The van der Waals surface area contributed by atoms with Crippen LogP contribution in [0.25, 0.3) is 0 Å². The molecule has 1 fully saturated rings. The number of hydrogen-bond acceptors (Lipinski definition) is 3. The fourth-order valence-electron chi connectivity index (χ4n) is 2.07. The Kier molecular flexibility index (Phi) is 4.69. The van der Waals surface area contributed by atoms with Gasteiger partial charge < -0.3 is 10.4 Å². The quantitative estimate of drug-likeness (QED) is 0.817. The molecule has 1 aromatic carbocycles. The predicted molar refractivity (Wildman–Crippen MR) is 69.9 cm³/mol. The second-order valence-corrected chi connectivity index (χ2v) is 5.45. The van der Waals surface area contributed by atoms with E-state index in [2.05, 4.69) is 29.6 Å². The van der Waals surface area contributed by atoms with Gasteiger partial charge in [-0.1, -0.05) is 30.3 Å². The van der Waals surface area contributed by atoms with Gasteiger partial charge >= 0.3 is 0 Å². The number of aliphatic hydroxyl groups excluding tert-OH is 1. The van der Waals surface area contributed by atoms with Gasteiger partial charge in [0.2, 0.25) is 0 Å². The summed E-state index contributed by atoms with van der Waals surface area (Å²) < 4.78 is 0. The maximum Gasteiger partial charge on any atom is 0.0587 e. The van der Waals surface area contributed by atoms with Crippen LogP contribution in [0.15, 0.2) is 30.3 Å². The molecule has 0 saturated carbocycles. The molecule has 0 aromatic heterocycles. The highest BCUT2D eigenvalue weighted by Gasteiger charge is 2.19. The average Bonchev–Trinajstić information content (AvgIpc) is 2.82. The topological polar surface area (TPSA) is 32.3 Å². The van der Waals surface area contributed by atoms with Gasteiger partial charge in [-0.25, -0.2) is 0 Å². The molecular formula is C13H19NOS. The Labute approximate surface area is 101 Å². The standard InChI is InChI=1S/C13H19NOS/c15-9-13(14-12-6-7-16-10-12)8-11-4-2-1-3-5-11/h1-5,12-15H,6-10H2. The zero-order valence-corrected chi connectivity index (χ0v) is 10.2. The molecule has 2 N–H and O–H groups in total. The molecule has 2 rings (SSSR count). The average molecular weight is 237 g/mol. The molecule has 0 aliphatic carbocycles. The molecule has 1 saturated heterocycles. The highest BCUT2D eigenvalue weighted by atomic mass is 32.2. The summed E-state index contributed by atoms with van der Waals surface area (Å²) >= 11 is 2.00. The Bertz CT molecular complexity index is 298. The van der Waals surface area contributed by atoms with Gasteiger partial charge in [0.25, 0.3) is 0 Å². The van der Waals surface area contributed by atoms with Crippen molar-refractivity contribution in [1.29, 1.82) is 0 Å². The molecule has 88 valence electrons. The van der Waals surface area contributed by atoms with Crippen LogP contribution >= 0.6 is 11.8 Å². The maximum absolute atomic E-state index is 9.38. The van der Waals surface area contributed by atoms with Crippen LogP contribution in [0.2, 0.25) is 0 Å². The fraction of sp³-hybridized carbons (Fsp3) is 0.538. The summed E-state index contributed by atoms with van der Waals surface area (Å²) in [6, 6.07) is 11.2. The third kappa shape index (κ3) is 3.51. The molecule has 1 aromatic rings. The molecule has 3 heteroatoms. The van der Waals surface area contributed by atoms with Crippen molar-refractivity contribution in [3.63, 3.8) is 0 Å². The lowest BCUT2D eigenvalue weighted by Gasteiger charge is -2.20. The molecule has 1 heterocycles. The van der Waals surface area contributed by atoms with Crippen LogP contribution in [0.3, 0.4) is 0 Å². The van der Waals surface area contributed by atoms with Crippen LogP contribution in [-0.4, -0.2) is 35.3 Å². The lowest BCUT2D eigenvalue weighted by atomic mass is 10.1. The summed E-state index contributed by atoms with van der Waals surface area (Å²) in [5.74, 6) is 2.44. The van der Waals surface area contributed by atoms with Crippen molar-refractivity contribution in [2.45, 2.75) is 24.9 Å². The van der Waals surface area contributed by atoms with Gasteiger partial charge in [0.15, 0.2) is 0 Å². The zero-order valence-electron chi connectivity index (χ0n) is 9.43. The van der Waals surface area contributed by atoms with Crippen molar-refractivity contribution in [2.75, 3.05) is 18.1 Å². The predicted octanol–water partition coefficient (Wildman–Crippen LogP) is 1.69. The van der Waals surface area contributed by atoms with Crippen LogP contribution < -0.4 is 5.32 Å². The largest absolute Gasteiger partial charge is 0.395 e. The van der Waals surface area contributed by atoms with Crippen LogP contribution in [0.5, 0.6) is 0 Å². The van der Waals surface area contributed by atoms with Crippen molar-refractivity contribution in [2.24, 2.45) is 0 Å². The summed E-state index contributed by atoms with van der Waals surface area (Å²) in [6.07, 6.45) is 2.15. The molecule has 1 aliphatic heterocycles. The van der Waals surface area contributed by atoms with Crippen molar-refractivity contribution < 1.29 is 5.11 Å². The molecule has 0 spiro atoms. The third-order valence-corrected chi connectivity index (χ3v) is 4.11. The van der Waals surface area contributed by atoms with Crippen molar-refractivity contribution in [1.82, 2.24) is 5.32 Å². The Morgan fingerprint density at radius 3 is 2.81 bits per heavy atom. The van der Waals surface area contributed by atoms with E-state index >= 15 is 0 Å². The summed E-state index contributed by atoms with van der Waals surface area (Å²) in [4.78, 5) is 0. The van der Waals surface area contributed by atoms with E-state index in [1.807, 2.05) is 17.8 Å². The molecule has 2 unspecified atom stereocenters. The molecule has 0 radical (unpaired) electrons. The van der Waals surface area contributed by atoms with E-state index < -0.39 is 0 Å². The summed E-state index contributed by atoms with van der Waals surface area (Å²) in [7, 11) is 0. The summed E-state index contributed by atoms with van der Waals surface area (Å²) in [5.41, 5.74) is 1.29. The first-order valence-electron chi connectivity index (χ1n) is 5.87. The highest BCUT2D eigenvalue weighted by Crippen LogP contribution is 2.18. The first-order chi connectivity index (χ1) is 7.88. The minimum absolute atomic E-state index is 0.200. The second-order valence-electron chi connectivity index (χ2n) is 4.30. The van der Waals surface area contributed by atoms with Gasteiger partial charge in [0, 0.05) is 17.8 Å². The summed E-state index contributed by atoms with van der Waals surface area (Å²) in [5, 5.41) is 12.9. The van der Waals surface area contributed by atoms with Gasteiger partial charge in [-0.2, -0.15) is 11.8 Å². The lowest BCUT2D eigenvalue weighted by molar-refractivity contribution is 0.233. The lowest BCUT2D eigenvalue weighted by Crippen LogP contribution is -2.41. The minimum atomic E-state index is 0.200. The highest BCUT2D eigenvalue weighted by molar-refractivity contribution is 7.99. The maximum atomic E-state index is 9.38. The third-order valence-electron chi connectivity index (χ3n) is 2.95. The molecule has 0 bridgehead atoms. The first kappa shape index (κ1) is 12.0.